The van der Waals surface area contributed by atoms with Crippen molar-refractivity contribution in [3.05, 3.63) is 77.6 Å². The second kappa shape index (κ2) is 8.80. The first-order valence-electron chi connectivity index (χ1n) is 10.9. The Morgan fingerprint density at radius 2 is 1.82 bits per heavy atom. The maximum atomic E-state index is 12.7. The lowest BCUT2D eigenvalue weighted by Gasteiger charge is -2.13. The number of hydrogen-bond acceptors (Lipinski definition) is 5. The quantitative estimate of drug-likeness (QED) is 0.443. The van der Waals surface area contributed by atoms with E-state index in [1.165, 1.54) is 0 Å². The third-order valence-electron chi connectivity index (χ3n) is 5.99. The van der Waals surface area contributed by atoms with Gasteiger partial charge in [-0.15, -0.1) is 11.8 Å². The summed E-state index contributed by atoms with van der Waals surface area (Å²) in [5, 5.41) is 0. The predicted molar refractivity (Wildman–Crippen MR) is 133 cm³/mol. The van der Waals surface area contributed by atoms with Gasteiger partial charge in [0, 0.05) is 40.6 Å². The molecular weight excluding hydrogens is 452 g/mol. The lowest BCUT2D eigenvalue weighted by atomic mass is 9.97. The van der Waals surface area contributed by atoms with Crippen LogP contribution in [0.15, 0.2) is 70.5 Å². The lowest BCUT2D eigenvalue weighted by Crippen LogP contribution is -2.12. The second-order valence-corrected chi connectivity index (χ2v) is 11.0. The summed E-state index contributed by atoms with van der Waals surface area (Å²) in [6.07, 6.45) is 9.23. The average molecular weight is 477 g/mol. The molecule has 2 aliphatic rings. The molecule has 0 saturated heterocycles. The number of allylic oxidation sites excluding steroid dienone is 1. The molecule has 0 radical (unpaired) electrons. The standard InChI is InChI=1S/C26H24N2O3S2/c1-32-21-11-13-22(14-12-21)33(30,31)28-19-9-7-17(8-10-19)24-15-20(16-26(29)18-5-6-18)27-25-4-2-3-23(24)25/h2-3,7-15,18,28H,4-6,16H2,1H3. The number of pyridine rings is 1. The molecule has 33 heavy (non-hydrogen) atoms. The van der Waals surface area contributed by atoms with Crippen LogP contribution >= 0.6 is 11.8 Å². The van der Waals surface area contributed by atoms with Crippen molar-refractivity contribution < 1.29 is 13.2 Å². The van der Waals surface area contributed by atoms with Gasteiger partial charge in [0.15, 0.2) is 0 Å². The number of ketones is 1. The number of benzene rings is 2. The molecule has 7 heteroatoms. The van der Waals surface area contributed by atoms with E-state index in [0.717, 1.165) is 52.2 Å². The fourth-order valence-corrected chi connectivity index (χ4v) is 5.51. The number of aromatic nitrogens is 1. The minimum Gasteiger partial charge on any atom is -0.299 e. The van der Waals surface area contributed by atoms with E-state index in [9.17, 15) is 13.2 Å². The zero-order valence-electron chi connectivity index (χ0n) is 18.2. The Kier molecular flexibility index (Phi) is 5.85. The molecule has 0 unspecified atom stereocenters. The first kappa shape index (κ1) is 21.9. The van der Waals surface area contributed by atoms with Crippen LogP contribution in [0.5, 0.6) is 0 Å². The summed E-state index contributed by atoms with van der Waals surface area (Å²) in [6, 6.07) is 16.2. The maximum absolute atomic E-state index is 12.7. The van der Waals surface area contributed by atoms with Gasteiger partial charge in [-0.25, -0.2) is 8.42 Å². The van der Waals surface area contributed by atoms with Crippen LogP contribution < -0.4 is 4.72 Å². The predicted octanol–water partition coefficient (Wildman–Crippen LogP) is 5.36. The molecule has 0 atom stereocenters. The fourth-order valence-electron chi connectivity index (χ4n) is 4.04. The molecule has 1 heterocycles. The van der Waals surface area contributed by atoms with E-state index < -0.39 is 10.0 Å². The summed E-state index contributed by atoms with van der Waals surface area (Å²) in [6.45, 7) is 0. The van der Waals surface area contributed by atoms with E-state index >= 15 is 0 Å². The summed E-state index contributed by atoms with van der Waals surface area (Å²) in [4.78, 5) is 18.3. The summed E-state index contributed by atoms with van der Waals surface area (Å²) >= 11 is 1.57. The molecule has 0 spiro atoms. The maximum Gasteiger partial charge on any atom is 0.261 e. The van der Waals surface area contributed by atoms with Crippen molar-refractivity contribution in [2.24, 2.45) is 5.92 Å². The molecule has 1 fully saturated rings. The largest absolute Gasteiger partial charge is 0.299 e. The first-order chi connectivity index (χ1) is 15.9. The Morgan fingerprint density at radius 3 is 2.48 bits per heavy atom. The van der Waals surface area contributed by atoms with Crippen molar-refractivity contribution in [3.63, 3.8) is 0 Å². The molecule has 2 aliphatic carbocycles. The SMILES string of the molecule is CSc1ccc(S(=O)(=O)Nc2ccc(-c3cc(CC(=O)C4CC4)nc4c3C=CC4)cc2)cc1. The summed E-state index contributed by atoms with van der Waals surface area (Å²) < 4.78 is 28.2. The van der Waals surface area contributed by atoms with Crippen LogP contribution in [-0.2, 0) is 27.7 Å². The zero-order chi connectivity index (χ0) is 23.0. The number of sulfonamides is 1. The van der Waals surface area contributed by atoms with E-state index in [1.807, 2.05) is 24.5 Å². The topological polar surface area (TPSA) is 76.1 Å². The molecule has 3 aromatic rings. The molecule has 1 aromatic heterocycles. The number of fused-ring (bicyclic) bond motifs is 1. The highest BCUT2D eigenvalue weighted by Crippen LogP contribution is 2.34. The van der Waals surface area contributed by atoms with Crippen LogP contribution in [-0.4, -0.2) is 25.4 Å². The number of nitrogens with zero attached hydrogens (tertiary/aromatic N) is 1. The first-order valence-corrected chi connectivity index (χ1v) is 13.6. The van der Waals surface area contributed by atoms with E-state index in [4.69, 9.17) is 4.98 Å². The molecule has 2 aromatic carbocycles. The molecule has 1 saturated carbocycles. The van der Waals surface area contributed by atoms with Gasteiger partial charge < -0.3 is 0 Å². The van der Waals surface area contributed by atoms with E-state index in [2.05, 4.69) is 16.9 Å². The van der Waals surface area contributed by atoms with Crippen LogP contribution in [0.4, 0.5) is 5.69 Å². The van der Waals surface area contributed by atoms with Crippen LogP contribution in [0.3, 0.4) is 0 Å². The van der Waals surface area contributed by atoms with Gasteiger partial charge in [0.25, 0.3) is 10.0 Å². The van der Waals surface area contributed by atoms with Gasteiger partial charge in [0.05, 0.1) is 10.6 Å². The monoisotopic (exact) mass is 476 g/mol. The molecule has 1 N–H and O–H groups in total. The van der Waals surface area contributed by atoms with Crippen molar-refractivity contribution in [3.8, 4) is 11.1 Å². The second-order valence-electron chi connectivity index (χ2n) is 8.40. The van der Waals surface area contributed by atoms with Crippen molar-refractivity contribution in [2.45, 2.75) is 35.5 Å². The normalized spacial score (nSPS) is 14.8. The Bertz CT molecular complexity index is 1340. The van der Waals surface area contributed by atoms with Gasteiger partial charge in [-0.2, -0.15) is 0 Å². The Balaban J connectivity index is 1.39. The van der Waals surface area contributed by atoms with E-state index in [1.54, 1.807) is 48.2 Å². The summed E-state index contributed by atoms with van der Waals surface area (Å²) in [7, 11) is -3.67. The van der Waals surface area contributed by atoms with Gasteiger partial charge >= 0.3 is 0 Å². The van der Waals surface area contributed by atoms with Crippen LogP contribution in [0.25, 0.3) is 17.2 Å². The average Bonchev–Trinajstić information content (AvgIpc) is 3.57. The van der Waals surface area contributed by atoms with Crippen molar-refractivity contribution in [1.82, 2.24) is 4.98 Å². The highest BCUT2D eigenvalue weighted by atomic mass is 32.2. The number of carbonyl (C=O) groups is 1. The van der Waals surface area contributed by atoms with Crippen molar-refractivity contribution in [2.75, 3.05) is 11.0 Å². The number of nitrogens with one attached hydrogen (secondary N) is 1. The smallest absolute Gasteiger partial charge is 0.261 e. The highest BCUT2D eigenvalue weighted by Gasteiger charge is 2.30. The minimum atomic E-state index is -3.67. The molecule has 168 valence electrons. The molecule has 0 bridgehead atoms. The van der Waals surface area contributed by atoms with Crippen LogP contribution in [0.2, 0.25) is 0 Å². The summed E-state index contributed by atoms with van der Waals surface area (Å²) in [5.74, 6) is 0.487. The van der Waals surface area contributed by atoms with E-state index in [0.29, 0.717) is 12.1 Å². The molecule has 5 nitrogen and oxygen atoms in total. The van der Waals surface area contributed by atoms with Crippen molar-refractivity contribution >= 4 is 39.3 Å². The lowest BCUT2D eigenvalue weighted by molar-refractivity contribution is -0.119. The third-order valence-corrected chi connectivity index (χ3v) is 8.13. The number of hydrogen-bond donors (Lipinski definition) is 1. The third kappa shape index (κ3) is 4.75. The van der Waals surface area contributed by atoms with E-state index in [-0.39, 0.29) is 16.6 Å². The van der Waals surface area contributed by atoms with Gasteiger partial charge in [-0.05, 0) is 72.7 Å². The molecule has 0 aliphatic heterocycles. The number of thioether (sulfide) groups is 1. The summed E-state index contributed by atoms with van der Waals surface area (Å²) in [5.41, 5.74) is 5.35. The fraction of sp³-hybridized carbons (Fsp3) is 0.231. The number of anilines is 1. The molecule has 5 rings (SSSR count). The van der Waals surface area contributed by atoms with Gasteiger partial charge in [-0.3, -0.25) is 14.5 Å². The highest BCUT2D eigenvalue weighted by molar-refractivity contribution is 7.98. The minimum absolute atomic E-state index is 0.214. The van der Waals surface area contributed by atoms with Gasteiger partial charge in [-0.1, -0.05) is 24.3 Å². The van der Waals surface area contributed by atoms with Crippen LogP contribution in [0.1, 0.15) is 29.8 Å². The Morgan fingerprint density at radius 1 is 1.09 bits per heavy atom. The number of carbonyl (C=O) groups excluding carboxylic acids is 1. The Labute approximate surface area is 198 Å². The van der Waals surface area contributed by atoms with Gasteiger partial charge in [0.1, 0.15) is 5.78 Å². The zero-order valence-corrected chi connectivity index (χ0v) is 19.9. The van der Waals surface area contributed by atoms with Crippen molar-refractivity contribution in [1.29, 1.82) is 0 Å². The number of rotatable bonds is 8. The number of Topliss-reactive ketones (excluding diaryl/α,β-unsaturated/α-hetero) is 1. The Hall–Kier alpha value is -2.90. The van der Waals surface area contributed by atoms with Gasteiger partial charge in [0.2, 0.25) is 0 Å². The molecular formula is C26H24N2O3S2. The van der Waals surface area contributed by atoms with Crippen LogP contribution in [0, 0.1) is 5.92 Å². The molecule has 0 amide bonds.